The Morgan fingerprint density at radius 3 is 2.30 bits per heavy atom. The van der Waals surface area contributed by atoms with Crippen LogP contribution >= 0.6 is 0 Å². The molecule has 3 nitrogen and oxygen atoms in total. The van der Waals surface area contributed by atoms with Crippen LogP contribution < -0.4 is 5.32 Å². The minimum absolute atomic E-state index is 0.358. The first-order valence-electron chi connectivity index (χ1n) is 3.71. The number of aliphatic hydroxyl groups excluding tert-OH is 2. The number of rotatable bonds is 5. The van der Waals surface area contributed by atoms with Crippen LogP contribution in [-0.4, -0.2) is 36.0 Å². The van der Waals surface area contributed by atoms with Crippen LogP contribution in [0.5, 0.6) is 0 Å². The second kappa shape index (κ2) is 5.65. The van der Waals surface area contributed by atoms with Gasteiger partial charge in [-0.1, -0.05) is 6.92 Å². The van der Waals surface area contributed by atoms with Gasteiger partial charge in [-0.2, -0.15) is 0 Å². The van der Waals surface area contributed by atoms with Crippen LogP contribution in [0.2, 0.25) is 0 Å². The molecule has 3 heteroatoms. The maximum absolute atomic E-state index is 9.13. The lowest BCUT2D eigenvalue weighted by Gasteiger charge is -2.12. The molecule has 0 saturated heterocycles. The number of aliphatic hydroxyl groups is 2. The predicted octanol–water partition coefficient (Wildman–Crippen LogP) is -0.272. The molecule has 0 aliphatic rings. The van der Waals surface area contributed by atoms with E-state index in [0.29, 0.717) is 19.4 Å². The smallest absolute Gasteiger partial charge is 0.0689 e. The largest absolute Gasteiger partial charge is 0.393 e. The Balaban J connectivity index is 3.27. The molecule has 0 bridgehead atoms. The van der Waals surface area contributed by atoms with Crippen molar-refractivity contribution >= 4 is 0 Å². The van der Waals surface area contributed by atoms with Gasteiger partial charge in [-0.15, -0.1) is 0 Å². The summed E-state index contributed by atoms with van der Waals surface area (Å²) < 4.78 is 0. The maximum atomic E-state index is 9.13. The molecule has 0 aromatic heterocycles. The van der Waals surface area contributed by atoms with Crippen LogP contribution in [0.15, 0.2) is 0 Å². The molecule has 1 unspecified atom stereocenters. The highest BCUT2D eigenvalue weighted by Gasteiger charge is 2.08. The summed E-state index contributed by atoms with van der Waals surface area (Å²) >= 11 is 0. The van der Waals surface area contributed by atoms with E-state index in [-0.39, 0.29) is 6.10 Å². The van der Waals surface area contributed by atoms with Crippen molar-refractivity contribution in [2.45, 2.75) is 32.0 Å². The molecule has 3 N–H and O–H groups in total. The van der Waals surface area contributed by atoms with Crippen LogP contribution in [0.3, 0.4) is 0 Å². The highest BCUT2D eigenvalue weighted by Crippen LogP contribution is 2.00. The molecule has 0 radical (unpaired) electrons. The van der Waals surface area contributed by atoms with E-state index in [9.17, 15) is 0 Å². The lowest BCUT2D eigenvalue weighted by Crippen LogP contribution is -2.27. The van der Waals surface area contributed by atoms with Crippen molar-refractivity contribution in [3.8, 4) is 0 Å². The second-order valence-electron chi connectivity index (χ2n) is 2.51. The van der Waals surface area contributed by atoms with Crippen LogP contribution in [-0.2, 0) is 0 Å². The molecule has 0 aliphatic carbocycles. The number of hydrogen-bond acceptors (Lipinski definition) is 3. The fourth-order valence-corrected chi connectivity index (χ4v) is 0.800. The normalized spacial score (nSPS) is 16.8. The maximum Gasteiger partial charge on any atom is 0.0689 e. The number of likely N-dealkylation sites (N-methyl/N-ethyl adjacent to an activating group) is 1. The summed E-state index contributed by atoms with van der Waals surface area (Å²) in [5.41, 5.74) is 0. The van der Waals surface area contributed by atoms with Crippen molar-refractivity contribution in [2.24, 2.45) is 0 Å². The molecular formula is C7H17NO2. The Kier molecular flexibility index (Phi) is 5.58. The van der Waals surface area contributed by atoms with Crippen LogP contribution in [0.25, 0.3) is 0 Å². The Labute approximate surface area is 62.1 Å². The fourth-order valence-electron chi connectivity index (χ4n) is 0.800. The standard InChI is InChI=1S/C7H17NO2/c1-3-6(9)4-7(10)5-8-2/h6-10H,3-5H2,1-2H3/t6-,7?/m1/s1. The van der Waals surface area contributed by atoms with Gasteiger partial charge in [0.1, 0.15) is 0 Å². The summed E-state index contributed by atoms with van der Waals surface area (Å²) in [4.78, 5) is 0. The summed E-state index contributed by atoms with van der Waals surface area (Å²) in [5.74, 6) is 0. The summed E-state index contributed by atoms with van der Waals surface area (Å²) in [6, 6.07) is 0. The van der Waals surface area contributed by atoms with E-state index < -0.39 is 6.10 Å². The van der Waals surface area contributed by atoms with Gasteiger partial charge in [-0.3, -0.25) is 0 Å². The van der Waals surface area contributed by atoms with E-state index in [1.807, 2.05) is 6.92 Å². The van der Waals surface area contributed by atoms with Crippen LogP contribution in [0, 0.1) is 0 Å². The minimum Gasteiger partial charge on any atom is -0.393 e. The zero-order chi connectivity index (χ0) is 7.98. The molecule has 0 amide bonds. The Hall–Kier alpha value is -0.120. The van der Waals surface area contributed by atoms with E-state index in [2.05, 4.69) is 5.32 Å². The summed E-state index contributed by atoms with van der Waals surface area (Å²) in [7, 11) is 1.78. The van der Waals surface area contributed by atoms with Crippen molar-refractivity contribution in [1.82, 2.24) is 5.32 Å². The fraction of sp³-hybridized carbons (Fsp3) is 1.00. The van der Waals surface area contributed by atoms with Gasteiger partial charge < -0.3 is 15.5 Å². The monoisotopic (exact) mass is 147 g/mol. The third kappa shape index (κ3) is 4.73. The van der Waals surface area contributed by atoms with Crippen molar-refractivity contribution in [3.05, 3.63) is 0 Å². The SMILES string of the molecule is CC[C@@H](O)CC(O)CNC. The van der Waals surface area contributed by atoms with Gasteiger partial charge >= 0.3 is 0 Å². The van der Waals surface area contributed by atoms with Crippen molar-refractivity contribution in [1.29, 1.82) is 0 Å². The van der Waals surface area contributed by atoms with E-state index in [4.69, 9.17) is 10.2 Å². The molecule has 0 rings (SSSR count). The van der Waals surface area contributed by atoms with Gasteiger partial charge in [0.05, 0.1) is 12.2 Å². The van der Waals surface area contributed by atoms with Gasteiger partial charge in [-0.25, -0.2) is 0 Å². The Morgan fingerprint density at radius 2 is 1.90 bits per heavy atom. The molecule has 0 heterocycles. The minimum atomic E-state index is -0.417. The third-order valence-corrected chi connectivity index (χ3v) is 1.46. The summed E-state index contributed by atoms with van der Waals surface area (Å²) in [6.07, 6.45) is 0.404. The molecule has 2 atom stereocenters. The topological polar surface area (TPSA) is 52.5 Å². The molecule has 0 aliphatic heterocycles. The lowest BCUT2D eigenvalue weighted by molar-refractivity contribution is 0.0793. The highest BCUT2D eigenvalue weighted by molar-refractivity contribution is 4.62. The van der Waals surface area contributed by atoms with E-state index in [1.165, 1.54) is 0 Å². The number of hydrogen-bond donors (Lipinski definition) is 3. The first-order chi connectivity index (χ1) is 4.70. The number of nitrogens with one attached hydrogen (secondary N) is 1. The van der Waals surface area contributed by atoms with Gasteiger partial charge in [0, 0.05) is 13.0 Å². The summed E-state index contributed by atoms with van der Waals surface area (Å²) in [6.45, 7) is 2.45. The molecular weight excluding hydrogens is 130 g/mol. The van der Waals surface area contributed by atoms with Crippen molar-refractivity contribution in [3.63, 3.8) is 0 Å². The molecule has 0 spiro atoms. The molecule has 10 heavy (non-hydrogen) atoms. The average molecular weight is 147 g/mol. The van der Waals surface area contributed by atoms with Crippen molar-refractivity contribution < 1.29 is 10.2 Å². The molecule has 62 valence electrons. The van der Waals surface area contributed by atoms with Crippen molar-refractivity contribution in [2.75, 3.05) is 13.6 Å². The summed E-state index contributed by atoms with van der Waals surface area (Å²) in [5, 5.41) is 21.0. The van der Waals surface area contributed by atoms with E-state index in [1.54, 1.807) is 7.05 Å². The predicted molar refractivity (Wildman–Crippen MR) is 40.8 cm³/mol. The zero-order valence-electron chi connectivity index (χ0n) is 6.67. The lowest BCUT2D eigenvalue weighted by atomic mass is 10.1. The molecule has 0 aromatic carbocycles. The van der Waals surface area contributed by atoms with E-state index >= 15 is 0 Å². The zero-order valence-corrected chi connectivity index (χ0v) is 6.67. The third-order valence-electron chi connectivity index (χ3n) is 1.46. The first kappa shape index (κ1) is 9.88. The van der Waals surface area contributed by atoms with E-state index in [0.717, 1.165) is 0 Å². The van der Waals surface area contributed by atoms with Gasteiger partial charge in [0.25, 0.3) is 0 Å². The molecule has 0 saturated carbocycles. The van der Waals surface area contributed by atoms with Crippen LogP contribution in [0.1, 0.15) is 19.8 Å². The average Bonchev–Trinajstić information content (AvgIpc) is 1.88. The van der Waals surface area contributed by atoms with Gasteiger partial charge in [0.15, 0.2) is 0 Å². The molecule has 0 aromatic rings. The van der Waals surface area contributed by atoms with Crippen LogP contribution in [0.4, 0.5) is 0 Å². The van der Waals surface area contributed by atoms with Gasteiger partial charge in [-0.05, 0) is 13.5 Å². The quantitative estimate of drug-likeness (QED) is 0.501. The van der Waals surface area contributed by atoms with Gasteiger partial charge in [0.2, 0.25) is 0 Å². The second-order valence-corrected chi connectivity index (χ2v) is 2.51. The Morgan fingerprint density at radius 1 is 1.30 bits per heavy atom. The Bertz CT molecular complexity index is 78.0. The first-order valence-corrected chi connectivity index (χ1v) is 3.71. The highest BCUT2D eigenvalue weighted by atomic mass is 16.3. The molecule has 0 fully saturated rings.